The van der Waals surface area contributed by atoms with Crippen molar-refractivity contribution in [1.82, 2.24) is 19.7 Å². The van der Waals surface area contributed by atoms with Gasteiger partial charge in [-0.3, -0.25) is 4.57 Å². The molecule has 68 valence electrons. The summed E-state index contributed by atoms with van der Waals surface area (Å²) in [6.45, 7) is -0.198. The molecule has 2 aliphatic heterocycles. The van der Waals surface area contributed by atoms with Gasteiger partial charge in [-0.1, -0.05) is 0 Å². The second-order valence-corrected chi connectivity index (χ2v) is 3.45. The highest BCUT2D eigenvalue weighted by Gasteiger charge is 2.17. The molecule has 0 saturated heterocycles. The van der Waals surface area contributed by atoms with Crippen LogP contribution in [0.1, 0.15) is 0 Å². The number of hydrogen-bond acceptors (Lipinski definition) is 5. The molecule has 7 heteroatoms. The Morgan fingerprint density at radius 1 is 1.54 bits per heavy atom. The molecule has 0 aliphatic carbocycles. The highest BCUT2D eigenvalue weighted by molar-refractivity contribution is 14.1. The Bertz CT molecular complexity index is 414. The molecule has 13 heavy (non-hydrogen) atoms. The van der Waals surface area contributed by atoms with Crippen LogP contribution in [0.15, 0.2) is 6.33 Å². The number of halogens is 1. The minimum Gasteiger partial charge on any atom is -0.384 e. The minimum absolute atomic E-state index is 0.198. The first-order chi connectivity index (χ1) is 6.24. The van der Waals surface area contributed by atoms with Gasteiger partial charge in [-0.25, -0.2) is 4.98 Å². The van der Waals surface area contributed by atoms with Crippen LogP contribution in [0.25, 0.3) is 11.4 Å². The van der Waals surface area contributed by atoms with Crippen molar-refractivity contribution >= 4 is 28.4 Å². The Morgan fingerprint density at radius 2 is 2.31 bits per heavy atom. The van der Waals surface area contributed by atoms with Crippen LogP contribution in [-0.2, 0) is 6.73 Å². The Kier molecular flexibility index (Phi) is 2.04. The van der Waals surface area contributed by atoms with Gasteiger partial charge in [0.05, 0.1) is 5.56 Å². The molecular weight excluding hydrogens is 285 g/mol. The Hall–Kier alpha value is -0.960. The van der Waals surface area contributed by atoms with Gasteiger partial charge in [0, 0.05) is 0 Å². The Labute approximate surface area is 87.3 Å². The van der Waals surface area contributed by atoms with Crippen LogP contribution in [0.2, 0.25) is 0 Å². The third kappa shape index (κ3) is 1.23. The standard InChI is InChI=1S/C6H6IN5O/c7-4-3-5(8)12(2-13)1-9-6(3)11-10-4/h1,13H,2,8H2. The summed E-state index contributed by atoms with van der Waals surface area (Å²) in [6.07, 6.45) is 1.43. The van der Waals surface area contributed by atoms with Crippen LogP contribution < -0.4 is 5.73 Å². The molecule has 2 aliphatic rings. The molecule has 2 rings (SSSR count). The summed E-state index contributed by atoms with van der Waals surface area (Å²) in [7, 11) is 0. The van der Waals surface area contributed by atoms with Crippen molar-refractivity contribution in [3.8, 4) is 11.4 Å². The molecule has 0 atom stereocenters. The lowest BCUT2D eigenvalue weighted by molar-refractivity contribution is 0.211. The lowest BCUT2D eigenvalue weighted by Crippen LogP contribution is -2.09. The number of aromatic nitrogens is 4. The Balaban J connectivity index is 2.75. The van der Waals surface area contributed by atoms with Gasteiger partial charge in [0.1, 0.15) is 22.6 Å². The van der Waals surface area contributed by atoms with E-state index in [1.807, 2.05) is 22.6 Å². The fourth-order valence-corrected chi connectivity index (χ4v) is 1.66. The summed E-state index contributed by atoms with van der Waals surface area (Å²) in [6, 6.07) is 0. The quantitative estimate of drug-likeness (QED) is 0.717. The fraction of sp³-hybridized carbons (Fsp3) is 0.167. The predicted molar refractivity (Wildman–Crippen MR) is 53.8 cm³/mol. The maximum atomic E-state index is 8.91. The van der Waals surface area contributed by atoms with Crippen molar-refractivity contribution in [2.24, 2.45) is 0 Å². The normalized spacial score (nSPS) is 10.9. The van der Waals surface area contributed by atoms with E-state index in [0.717, 1.165) is 0 Å². The zero-order chi connectivity index (χ0) is 9.42. The number of fused-ring (bicyclic) bond motifs is 1. The molecule has 0 fully saturated rings. The first kappa shape index (κ1) is 8.63. The summed E-state index contributed by atoms with van der Waals surface area (Å²) in [4.78, 5) is 3.98. The van der Waals surface area contributed by atoms with Gasteiger partial charge >= 0.3 is 0 Å². The van der Waals surface area contributed by atoms with E-state index in [0.29, 0.717) is 20.9 Å². The summed E-state index contributed by atoms with van der Waals surface area (Å²) in [5.74, 6) is 0.938. The van der Waals surface area contributed by atoms with E-state index in [1.165, 1.54) is 10.9 Å². The first-order valence-corrected chi connectivity index (χ1v) is 4.55. The maximum Gasteiger partial charge on any atom is 0.189 e. The Morgan fingerprint density at radius 3 is 3.00 bits per heavy atom. The summed E-state index contributed by atoms with van der Waals surface area (Å²) in [5, 5.41) is 16.5. The maximum absolute atomic E-state index is 8.91. The summed E-state index contributed by atoms with van der Waals surface area (Å²) >= 11 is 2.02. The third-order valence-electron chi connectivity index (χ3n) is 1.70. The monoisotopic (exact) mass is 291 g/mol. The molecule has 0 spiro atoms. The molecule has 0 aromatic carbocycles. The predicted octanol–water partition coefficient (Wildman–Crippen LogP) is -0.0855. The average Bonchev–Trinajstić information content (AvgIpc) is 2.49. The van der Waals surface area contributed by atoms with Crippen LogP contribution in [0.5, 0.6) is 0 Å². The van der Waals surface area contributed by atoms with Crippen molar-refractivity contribution < 1.29 is 5.11 Å². The van der Waals surface area contributed by atoms with E-state index in [9.17, 15) is 0 Å². The van der Waals surface area contributed by atoms with Crippen LogP contribution in [0.4, 0.5) is 5.82 Å². The SMILES string of the molecule is Nc1c2c(I)nnc-2ncn1CO. The molecule has 0 unspecified atom stereocenters. The van der Waals surface area contributed by atoms with Crippen LogP contribution >= 0.6 is 22.6 Å². The molecule has 0 bridgehead atoms. The van der Waals surface area contributed by atoms with Crippen LogP contribution in [0, 0.1) is 3.70 Å². The van der Waals surface area contributed by atoms with Crippen molar-refractivity contribution in [2.45, 2.75) is 6.73 Å². The van der Waals surface area contributed by atoms with Gasteiger partial charge in [-0.2, -0.15) is 0 Å². The van der Waals surface area contributed by atoms with E-state index in [-0.39, 0.29) is 6.73 Å². The highest BCUT2D eigenvalue weighted by Crippen LogP contribution is 2.27. The van der Waals surface area contributed by atoms with E-state index in [2.05, 4.69) is 15.2 Å². The van der Waals surface area contributed by atoms with E-state index in [1.54, 1.807) is 0 Å². The lowest BCUT2D eigenvalue weighted by atomic mass is 10.3. The molecule has 3 N–H and O–H groups in total. The highest BCUT2D eigenvalue weighted by atomic mass is 127. The number of aliphatic hydroxyl groups is 1. The molecular formula is C6H6IN5O. The number of rotatable bonds is 1. The van der Waals surface area contributed by atoms with Gasteiger partial charge in [0.2, 0.25) is 0 Å². The minimum atomic E-state index is -0.198. The number of nitrogens with zero attached hydrogens (tertiary/aromatic N) is 4. The fourth-order valence-electron chi connectivity index (χ4n) is 1.04. The lowest BCUT2D eigenvalue weighted by Gasteiger charge is -2.08. The topological polar surface area (TPSA) is 89.9 Å². The van der Waals surface area contributed by atoms with Gasteiger partial charge < -0.3 is 10.8 Å². The van der Waals surface area contributed by atoms with Crippen LogP contribution in [0.3, 0.4) is 0 Å². The number of aliphatic hydroxyl groups excluding tert-OH is 1. The van der Waals surface area contributed by atoms with Gasteiger partial charge in [0.25, 0.3) is 0 Å². The summed E-state index contributed by atoms with van der Waals surface area (Å²) < 4.78 is 2.12. The molecule has 0 aromatic rings. The van der Waals surface area contributed by atoms with Crippen LogP contribution in [-0.4, -0.2) is 24.9 Å². The number of nitrogens with two attached hydrogens (primary N) is 1. The molecule has 0 radical (unpaired) electrons. The largest absolute Gasteiger partial charge is 0.384 e. The van der Waals surface area contributed by atoms with Gasteiger partial charge in [-0.05, 0) is 22.6 Å². The second-order valence-electron chi connectivity index (χ2n) is 2.43. The zero-order valence-electron chi connectivity index (χ0n) is 6.48. The molecule has 2 heterocycles. The van der Waals surface area contributed by atoms with E-state index >= 15 is 0 Å². The average molecular weight is 291 g/mol. The zero-order valence-corrected chi connectivity index (χ0v) is 8.63. The van der Waals surface area contributed by atoms with Crippen molar-refractivity contribution in [3.63, 3.8) is 0 Å². The molecule has 0 amide bonds. The molecule has 6 nitrogen and oxygen atoms in total. The van der Waals surface area contributed by atoms with E-state index < -0.39 is 0 Å². The molecule has 0 aromatic heterocycles. The number of hydrogen-bond donors (Lipinski definition) is 2. The molecule has 0 saturated carbocycles. The second kappa shape index (κ2) is 3.07. The smallest absolute Gasteiger partial charge is 0.189 e. The van der Waals surface area contributed by atoms with E-state index in [4.69, 9.17) is 10.8 Å². The van der Waals surface area contributed by atoms with Crippen molar-refractivity contribution in [1.29, 1.82) is 0 Å². The first-order valence-electron chi connectivity index (χ1n) is 3.47. The summed E-state index contributed by atoms with van der Waals surface area (Å²) in [5.41, 5.74) is 6.44. The van der Waals surface area contributed by atoms with Crippen molar-refractivity contribution in [3.05, 3.63) is 10.0 Å². The number of anilines is 1. The van der Waals surface area contributed by atoms with Gasteiger partial charge in [-0.15, -0.1) is 10.2 Å². The van der Waals surface area contributed by atoms with Gasteiger partial charge in [0.15, 0.2) is 5.82 Å². The number of nitrogen functional groups attached to an aromatic ring is 1. The third-order valence-corrected chi connectivity index (χ3v) is 2.45. The van der Waals surface area contributed by atoms with Crippen molar-refractivity contribution in [2.75, 3.05) is 5.73 Å².